The highest BCUT2D eigenvalue weighted by Gasteiger charge is 2.20. The average molecular weight is 239 g/mol. The van der Waals surface area contributed by atoms with E-state index >= 15 is 0 Å². The van der Waals surface area contributed by atoms with Crippen molar-refractivity contribution in [2.24, 2.45) is 0 Å². The Hall–Kier alpha value is -0.350. The van der Waals surface area contributed by atoms with Gasteiger partial charge in [0, 0.05) is 10.6 Å². The summed E-state index contributed by atoms with van der Waals surface area (Å²) < 4.78 is 13.1. The van der Waals surface area contributed by atoms with Crippen LogP contribution in [0, 0.1) is 5.82 Å². The number of halogens is 3. The number of aliphatic hydroxyl groups is 2. The van der Waals surface area contributed by atoms with Gasteiger partial charge in [0.1, 0.15) is 11.9 Å². The second-order valence-corrected chi connectivity index (χ2v) is 3.58. The van der Waals surface area contributed by atoms with E-state index in [0.717, 1.165) is 6.07 Å². The van der Waals surface area contributed by atoms with Crippen molar-refractivity contribution in [1.29, 1.82) is 0 Å². The molecule has 1 aromatic carbocycles. The average Bonchev–Trinajstić information content (AvgIpc) is 2.19. The van der Waals surface area contributed by atoms with Gasteiger partial charge in [0.2, 0.25) is 0 Å². The summed E-state index contributed by atoms with van der Waals surface area (Å²) in [5.41, 5.74) is -0.0503. The molecule has 5 heteroatoms. The van der Waals surface area contributed by atoms with Crippen molar-refractivity contribution >= 4 is 23.2 Å². The first-order valence-corrected chi connectivity index (χ1v) is 4.84. The van der Waals surface area contributed by atoms with Crippen molar-refractivity contribution in [3.8, 4) is 0 Å². The molecule has 2 atom stereocenters. The molecule has 0 amide bonds. The molecule has 0 aliphatic heterocycles. The first-order valence-electron chi connectivity index (χ1n) is 3.93. The molecule has 0 fully saturated rings. The zero-order valence-corrected chi connectivity index (χ0v) is 8.63. The molecule has 0 bridgehead atoms. The Morgan fingerprint density at radius 2 is 2.00 bits per heavy atom. The van der Waals surface area contributed by atoms with Gasteiger partial charge < -0.3 is 10.2 Å². The van der Waals surface area contributed by atoms with Crippen LogP contribution >= 0.6 is 23.2 Å². The zero-order chi connectivity index (χ0) is 10.7. The van der Waals surface area contributed by atoms with Crippen molar-refractivity contribution in [2.75, 3.05) is 5.88 Å². The summed E-state index contributed by atoms with van der Waals surface area (Å²) in [6, 6.07) is 3.75. The first-order chi connectivity index (χ1) is 6.56. The Kier molecular flexibility index (Phi) is 4.13. The Balaban J connectivity index is 2.99. The SMILES string of the molecule is OC(CCl)C(O)c1cc(Cl)ccc1F. The largest absolute Gasteiger partial charge is 0.389 e. The van der Waals surface area contributed by atoms with Crippen LogP contribution in [0.1, 0.15) is 11.7 Å². The molecular weight excluding hydrogens is 230 g/mol. The van der Waals surface area contributed by atoms with Crippen molar-refractivity contribution in [1.82, 2.24) is 0 Å². The van der Waals surface area contributed by atoms with E-state index in [2.05, 4.69) is 0 Å². The molecule has 0 spiro atoms. The highest BCUT2D eigenvalue weighted by molar-refractivity contribution is 6.30. The number of rotatable bonds is 3. The third kappa shape index (κ3) is 2.58. The lowest BCUT2D eigenvalue weighted by Crippen LogP contribution is -2.20. The van der Waals surface area contributed by atoms with E-state index in [0.29, 0.717) is 5.02 Å². The van der Waals surface area contributed by atoms with Gasteiger partial charge >= 0.3 is 0 Å². The standard InChI is InChI=1S/C9H9Cl2FO2/c10-4-8(13)9(14)6-3-5(11)1-2-7(6)12/h1-3,8-9,13-14H,4H2. The smallest absolute Gasteiger partial charge is 0.129 e. The maximum absolute atomic E-state index is 13.1. The first kappa shape index (κ1) is 11.7. The van der Waals surface area contributed by atoms with Crippen LogP contribution in [0.25, 0.3) is 0 Å². The molecule has 0 radical (unpaired) electrons. The fraction of sp³-hybridized carbons (Fsp3) is 0.333. The molecule has 0 aliphatic carbocycles. The highest BCUT2D eigenvalue weighted by atomic mass is 35.5. The summed E-state index contributed by atoms with van der Waals surface area (Å²) in [5.74, 6) is -0.793. The minimum Gasteiger partial charge on any atom is -0.389 e. The van der Waals surface area contributed by atoms with Crippen LogP contribution in [0.3, 0.4) is 0 Å². The molecule has 0 saturated carbocycles. The summed E-state index contributed by atoms with van der Waals surface area (Å²) >= 11 is 10.9. The van der Waals surface area contributed by atoms with Crippen molar-refractivity contribution in [3.63, 3.8) is 0 Å². The maximum atomic E-state index is 13.1. The molecular formula is C9H9Cl2FO2. The molecule has 2 nitrogen and oxygen atoms in total. The van der Waals surface area contributed by atoms with Crippen LogP contribution in [0.4, 0.5) is 4.39 Å². The molecule has 1 rings (SSSR count). The van der Waals surface area contributed by atoms with Crippen LogP contribution in [0.5, 0.6) is 0 Å². The lowest BCUT2D eigenvalue weighted by atomic mass is 10.1. The van der Waals surface area contributed by atoms with Crippen molar-refractivity contribution in [2.45, 2.75) is 12.2 Å². The second kappa shape index (κ2) is 4.94. The number of hydrogen-bond acceptors (Lipinski definition) is 2. The molecule has 14 heavy (non-hydrogen) atoms. The number of benzene rings is 1. The highest BCUT2D eigenvalue weighted by Crippen LogP contribution is 2.24. The van der Waals surface area contributed by atoms with Gasteiger partial charge in [-0.15, -0.1) is 11.6 Å². The lowest BCUT2D eigenvalue weighted by molar-refractivity contribution is 0.0305. The number of aliphatic hydroxyl groups excluding tert-OH is 2. The summed E-state index contributed by atoms with van der Waals surface area (Å²) in [7, 11) is 0. The van der Waals surface area contributed by atoms with E-state index in [9.17, 15) is 14.6 Å². The van der Waals surface area contributed by atoms with Gasteiger partial charge in [-0.3, -0.25) is 0 Å². The second-order valence-electron chi connectivity index (χ2n) is 2.83. The number of hydrogen-bond donors (Lipinski definition) is 2. The Bertz CT molecular complexity index is 320. The summed E-state index contributed by atoms with van der Waals surface area (Å²) in [5, 5.41) is 19.0. The van der Waals surface area contributed by atoms with E-state index in [1.165, 1.54) is 12.1 Å². The Morgan fingerprint density at radius 1 is 1.36 bits per heavy atom. The van der Waals surface area contributed by atoms with E-state index in [4.69, 9.17) is 23.2 Å². The minimum absolute atomic E-state index is 0.0503. The molecule has 0 heterocycles. The van der Waals surface area contributed by atoms with Crippen LogP contribution in [-0.4, -0.2) is 22.2 Å². The predicted molar refractivity (Wildman–Crippen MR) is 53.1 cm³/mol. The minimum atomic E-state index is -1.36. The van der Waals surface area contributed by atoms with E-state index in [1.54, 1.807) is 0 Å². The van der Waals surface area contributed by atoms with Crippen LogP contribution in [0.15, 0.2) is 18.2 Å². The number of alkyl halides is 1. The normalized spacial score (nSPS) is 15.2. The zero-order valence-electron chi connectivity index (χ0n) is 7.12. The third-order valence-electron chi connectivity index (χ3n) is 1.80. The van der Waals surface area contributed by atoms with Gasteiger partial charge in [0.15, 0.2) is 0 Å². The molecule has 78 valence electrons. The van der Waals surface area contributed by atoms with Crippen molar-refractivity contribution < 1.29 is 14.6 Å². The summed E-state index contributed by atoms with van der Waals surface area (Å²) in [6.07, 6.45) is -2.56. The van der Waals surface area contributed by atoms with Crippen LogP contribution in [0.2, 0.25) is 5.02 Å². The third-order valence-corrected chi connectivity index (χ3v) is 2.35. The summed E-state index contributed by atoms with van der Waals surface area (Å²) in [4.78, 5) is 0. The maximum Gasteiger partial charge on any atom is 0.129 e. The van der Waals surface area contributed by atoms with Crippen LogP contribution < -0.4 is 0 Å². The monoisotopic (exact) mass is 238 g/mol. The quantitative estimate of drug-likeness (QED) is 0.793. The molecule has 0 aliphatic rings. The van der Waals surface area contributed by atoms with E-state index in [-0.39, 0.29) is 11.4 Å². The molecule has 2 unspecified atom stereocenters. The van der Waals surface area contributed by atoms with Gasteiger partial charge in [-0.1, -0.05) is 11.6 Å². The van der Waals surface area contributed by atoms with E-state index < -0.39 is 18.0 Å². The topological polar surface area (TPSA) is 40.5 Å². The molecule has 2 N–H and O–H groups in total. The van der Waals surface area contributed by atoms with Gasteiger partial charge in [-0.2, -0.15) is 0 Å². The van der Waals surface area contributed by atoms with Crippen molar-refractivity contribution in [3.05, 3.63) is 34.6 Å². The van der Waals surface area contributed by atoms with Gasteiger partial charge in [0.05, 0.1) is 12.0 Å². The van der Waals surface area contributed by atoms with Gasteiger partial charge in [-0.05, 0) is 18.2 Å². The molecule has 1 aromatic rings. The predicted octanol–water partition coefficient (Wildman–Crippen LogP) is 2.11. The van der Waals surface area contributed by atoms with Gasteiger partial charge in [0.25, 0.3) is 0 Å². The fourth-order valence-electron chi connectivity index (χ4n) is 1.03. The molecule has 0 saturated heterocycles. The molecule has 0 aromatic heterocycles. The Labute approximate surface area is 90.9 Å². The van der Waals surface area contributed by atoms with Gasteiger partial charge in [-0.25, -0.2) is 4.39 Å². The van der Waals surface area contributed by atoms with E-state index in [1.807, 2.05) is 0 Å². The Morgan fingerprint density at radius 3 is 2.57 bits per heavy atom. The summed E-state index contributed by atoms with van der Waals surface area (Å²) in [6.45, 7) is 0. The lowest BCUT2D eigenvalue weighted by Gasteiger charge is -2.16. The fourth-order valence-corrected chi connectivity index (χ4v) is 1.38. The van der Waals surface area contributed by atoms with Crippen LogP contribution in [-0.2, 0) is 0 Å².